The Morgan fingerprint density at radius 2 is 2.25 bits per heavy atom. The lowest BCUT2D eigenvalue weighted by molar-refractivity contribution is 0.0522. The van der Waals surface area contributed by atoms with Crippen LogP contribution in [0.5, 0.6) is 5.75 Å². The molecule has 0 fully saturated rings. The number of aromatic nitrogens is 1. The first-order valence-electron chi connectivity index (χ1n) is 5.27. The predicted octanol–water partition coefficient (Wildman–Crippen LogP) is 1.65. The normalized spacial score (nSPS) is 10.9. The van der Waals surface area contributed by atoms with Crippen LogP contribution in [-0.4, -0.2) is 25.4 Å². The van der Waals surface area contributed by atoms with Crippen LogP contribution >= 0.6 is 0 Å². The quantitative estimate of drug-likeness (QED) is 0.753. The van der Waals surface area contributed by atoms with Crippen LogP contribution in [0.1, 0.15) is 5.56 Å². The van der Waals surface area contributed by atoms with Gasteiger partial charge in [-0.1, -0.05) is 6.07 Å². The average molecular weight is 220 g/mol. The Hall–Kier alpha value is -1.52. The molecule has 0 bridgehead atoms. The first-order chi connectivity index (χ1) is 7.86. The van der Waals surface area contributed by atoms with Crippen LogP contribution in [0.15, 0.2) is 24.4 Å². The summed E-state index contributed by atoms with van der Waals surface area (Å²) < 4.78 is 10.4. The van der Waals surface area contributed by atoms with Crippen LogP contribution < -0.4 is 10.5 Å². The monoisotopic (exact) mass is 220 g/mol. The summed E-state index contributed by atoms with van der Waals surface area (Å²) in [4.78, 5) is 3.21. The van der Waals surface area contributed by atoms with Crippen LogP contribution in [0, 0.1) is 0 Å². The zero-order valence-electron chi connectivity index (χ0n) is 9.32. The van der Waals surface area contributed by atoms with Gasteiger partial charge in [0.2, 0.25) is 0 Å². The number of ether oxygens (including phenoxy) is 2. The SMILES string of the molecule is COCOc1cccc2[nH]cc(CCN)c12. The molecule has 0 aliphatic rings. The Balaban J connectivity index is 2.41. The molecule has 0 aliphatic carbocycles. The molecule has 0 radical (unpaired) electrons. The number of fused-ring (bicyclic) bond motifs is 1. The number of nitrogens with two attached hydrogens (primary N) is 1. The largest absolute Gasteiger partial charge is 0.467 e. The Morgan fingerprint density at radius 3 is 3.00 bits per heavy atom. The van der Waals surface area contributed by atoms with E-state index in [0.29, 0.717) is 6.54 Å². The van der Waals surface area contributed by atoms with Crippen molar-refractivity contribution in [1.29, 1.82) is 0 Å². The molecule has 1 aromatic heterocycles. The van der Waals surface area contributed by atoms with E-state index in [1.165, 1.54) is 5.56 Å². The van der Waals surface area contributed by atoms with Gasteiger partial charge in [0.25, 0.3) is 0 Å². The minimum Gasteiger partial charge on any atom is -0.467 e. The second-order valence-electron chi connectivity index (χ2n) is 3.58. The third-order valence-corrected chi connectivity index (χ3v) is 2.50. The molecule has 1 heterocycles. The van der Waals surface area contributed by atoms with Gasteiger partial charge in [-0.25, -0.2) is 0 Å². The lowest BCUT2D eigenvalue weighted by atomic mass is 10.1. The molecule has 3 N–H and O–H groups in total. The van der Waals surface area contributed by atoms with Gasteiger partial charge >= 0.3 is 0 Å². The van der Waals surface area contributed by atoms with Crippen molar-refractivity contribution in [3.63, 3.8) is 0 Å². The molecule has 0 saturated heterocycles. The zero-order chi connectivity index (χ0) is 11.4. The Morgan fingerprint density at radius 1 is 1.38 bits per heavy atom. The van der Waals surface area contributed by atoms with Crippen molar-refractivity contribution in [1.82, 2.24) is 4.98 Å². The lowest BCUT2D eigenvalue weighted by Gasteiger charge is -2.07. The third-order valence-electron chi connectivity index (χ3n) is 2.50. The Bertz CT molecular complexity index is 465. The molecule has 0 atom stereocenters. The van der Waals surface area contributed by atoms with E-state index in [0.717, 1.165) is 23.1 Å². The second kappa shape index (κ2) is 5.01. The van der Waals surface area contributed by atoms with Gasteiger partial charge in [-0.3, -0.25) is 0 Å². The van der Waals surface area contributed by atoms with E-state index >= 15 is 0 Å². The first-order valence-corrected chi connectivity index (χ1v) is 5.27. The van der Waals surface area contributed by atoms with Gasteiger partial charge in [0, 0.05) is 24.2 Å². The molecule has 1 aromatic carbocycles. The molecule has 16 heavy (non-hydrogen) atoms. The number of rotatable bonds is 5. The van der Waals surface area contributed by atoms with Crippen molar-refractivity contribution in [3.8, 4) is 5.75 Å². The standard InChI is InChI=1S/C12H16N2O2/c1-15-8-16-11-4-2-3-10-12(11)9(5-6-13)7-14-10/h2-4,7,14H,5-6,8,13H2,1H3. The maximum atomic E-state index is 5.58. The highest BCUT2D eigenvalue weighted by Gasteiger charge is 2.08. The van der Waals surface area contributed by atoms with Crippen molar-refractivity contribution in [3.05, 3.63) is 30.0 Å². The van der Waals surface area contributed by atoms with E-state index in [9.17, 15) is 0 Å². The predicted molar refractivity (Wildman–Crippen MR) is 63.6 cm³/mol. The molecule has 4 heteroatoms. The van der Waals surface area contributed by atoms with Gasteiger partial charge in [-0.15, -0.1) is 0 Å². The van der Waals surface area contributed by atoms with E-state index in [-0.39, 0.29) is 6.79 Å². The fourth-order valence-electron chi connectivity index (χ4n) is 1.82. The minimum atomic E-state index is 0.256. The maximum absolute atomic E-state index is 5.58. The number of aromatic amines is 1. The van der Waals surface area contributed by atoms with E-state index in [1.54, 1.807) is 7.11 Å². The number of H-pyrrole nitrogens is 1. The number of nitrogens with one attached hydrogen (secondary N) is 1. The van der Waals surface area contributed by atoms with Gasteiger partial charge in [-0.05, 0) is 30.7 Å². The summed E-state index contributed by atoms with van der Waals surface area (Å²) in [5.41, 5.74) is 7.83. The second-order valence-corrected chi connectivity index (χ2v) is 3.58. The van der Waals surface area contributed by atoms with Gasteiger partial charge in [0.1, 0.15) is 5.75 Å². The summed E-state index contributed by atoms with van der Waals surface area (Å²) in [7, 11) is 1.61. The van der Waals surface area contributed by atoms with E-state index in [4.69, 9.17) is 15.2 Å². The van der Waals surface area contributed by atoms with E-state index < -0.39 is 0 Å². The molecular weight excluding hydrogens is 204 g/mol. The fraction of sp³-hybridized carbons (Fsp3) is 0.333. The molecule has 2 aromatic rings. The molecular formula is C12H16N2O2. The topological polar surface area (TPSA) is 60.3 Å². The van der Waals surface area contributed by atoms with Crippen molar-refractivity contribution in [2.75, 3.05) is 20.4 Å². The molecule has 86 valence electrons. The summed E-state index contributed by atoms with van der Waals surface area (Å²) in [5, 5.41) is 1.10. The summed E-state index contributed by atoms with van der Waals surface area (Å²) in [5.74, 6) is 0.837. The van der Waals surface area contributed by atoms with Gasteiger partial charge < -0.3 is 20.2 Å². The highest BCUT2D eigenvalue weighted by Crippen LogP contribution is 2.28. The summed E-state index contributed by atoms with van der Waals surface area (Å²) >= 11 is 0. The van der Waals surface area contributed by atoms with Crippen molar-refractivity contribution < 1.29 is 9.47 Å². The first kappa shape index (κ1) is 11.0. The number of hydrogen-bond donors (Lipinski definition) is 2. The lowest BCUT2D eigenvalue weighted by Crippen LogP contribution is -2.03. The molecule has 2 rings (SSSR count). The van der Waals surface area contributed by atoms with Gasteiger partial charge in [-0.2, -0.15) is 0 Å². The smallest absolute Gasteiger partial charge is 0.188 e. The van der Waals surface area contributed by atoms with Crippen molar-refractivity contribution in [2.24, 2.45) is 5.73 Å². The highest BCUT2D eigenvalue weighted by atomic mass is 16.7. The minimum absolute atomic E-state index is 0.256. The number of benzene rings is 1. The van der Waals surface area contributed by atoms with Crippen molar-refractivity contribution in [2.45, 2.75) is 6.42 Å². The van der Waals surface area contributed by atoms with Crippen LogP contribution in [0.2, 0.25) is 0 Å². The Labute approximate surface area is 94.3 Å². The van der Waals surface area contributed by atoms with Crippen molar-refractivity contribution >= 4 is 10.9 Å². The van der Waals surface area contributed by atoms with Crippen LogP contribution in [0.4, 0.5) is 0 Å². The molecule has 0 amide bonds. The van der Waals surface area contributed by atoms with E-state index in [2.05, 4.69) is 4.98 Å². The van der Waals surface area contributed by atoms with Gasteiger partial charge in [0.15, 0.2) is 6.79 Å². The molecule has 0 unspecified atom stereocenters. The third kappa shape index (κ3) is 2.03. The average Bonchev–Trinajstić information content (AvgIpc) is 2.71. The molecule has 0 spiro atoms. The van der Waals surface area contributed by atoms with E-state index in [1.807, 2.05) is 24.4 Å². The van der Waals surface area contributed by atoms with Gasteiger partial charge in [0.05, 0.1) is 0 Å². The highest BCUT2D eigenvalue weighted by molar-refractivity contribution is 5.89. The zero-order valence-corrected chi connectivity index (χ0v) is 9.32. The summed E-state index contributed by atoms with van der Waals surface area (Å²) in [6, 6.07) is 5.92. The molecule has 4 nitrogen and oxygen atoms in total. The van der Waals surface area contributed by atoms with Crippen LogP contribution in [0.25, 0.3) is 10.9 Å². The molecule has 0 aliphatic heterocycles. The van der Waals surface area contributed by atoms with Crippen LogP contribution in [0.3, 0.4) is 0 Å². The fourth-order valence-corrected chi connectivity index (χ4v) is 1.82. The Kier molecular flexibility index (Phi) is 3.44. The number of hydrogen-bond acceptors (Lipinski definition) is 3. The summed E-state index contributed by atoms with van der Waals surface area (Å²) in [6.45, 7) is 0.887. The maximum Gasteiger partial charge on any atom is 0.188 e. The summed E-state index contributed by atoms with van der Waals surface area (Å²) in [6.07, 6.45) is 2.82. The number of methoxy groups -OCH3 is 1. The molecule has 0 saturated carbocycles. The van der Waals surface area contributed by atoms with Crippen LogP contribution in [-0.2, 0) is 11.2 Å².